The maximum Gasteiger partial charge on any atom is 0.412 e. The third-order valence-corrected chi connectivity index (χ3v) is 3.39. The highest BCUT2D eigenvalue weighted by Crippen LogP contribution is 2.36. The van der Waals surface area contributed by atoms with Crippen molar-refractivity contribution in [3.05, 3.63) is 22.2 Å². The summed E-state index contributed by atoms with van der Waals surface area (Å²) in [4.78, 5) is 22.5. The second-order valence-electron chi connectivity index (χ2n) is 6.10. The van der Waals surface area contributed by atoms with Crippen molar-refractivity contribution in [2.24, 2.45) is 0 Å². The summed E-state index contributed by atoms with van der Waals surface area (Å²) in [6, 6.07) is 2.20. The van der Waals surface area contributed by atoms with Crippen molar-refractivity contribution in [2.45, 2.75) is 45.6 Å². The van der Waals surface area contributed by atoms with Crippen LogP contribution in [0, 0.1) is 10.1 Å². The van der Waals surface area contributed by atoms with E-state index in [4.69, 9.17) is 9.47 Å². The van der Waals surface area contributed by atoms with Crippen molar-refractivity contribution in [2.75, 3.05) is 24.3 Å². The lowest BCUT2D eigenvalue weighted by Gasteiger charge is -2.25. The van der Waals surface area contributed by atoms with E-state index in [0.717, 1.165) is 12.5 Å². The van der Waals surface area contributed by atoms with Crippen LogP contribution in [0.5, 0.6) is 5.75 Å². The predicted molar refractivity (Wildman–Crippen MR) is 93.2 cm³/mol. The van der Waals surface area contributed by atoms with E-state index in [9.17, 15) is 23.7 Å². The number of nitrogens with zero attached hydrogens (tertiary/aromatic N) is 1. The standard InChI is InChI=1S/C16H23F2N3O5/c1-5-6-16(2,3)26-15(22)20-11-7-10(19-4)12(21(23)24)8-13(11)25-9-14(17)18/h7-8,14,19H,5-6,9H2,1-4H3,(H,20,22). The molecule has 10 heteroatoms. The maximum absolute atomic E-state index is 12.4. The number of nitro benzene ring substituents is 1. The lowest BCUT2D eigenvalue weighted by Crippen LogP contribution is -2.30. The second kappa shape index (κ2) is 9.16. The van der Waals surface area contributed by atoms with E-state index in [1.54, 1.807) is 13.8 Å². The average Bonchev–Trinajstić information content (AvgIpc) is 2.51. The highest BCUT2D eigenvalue weighted by atomic mass is 19.3. The summed E-state index contributed by atoms with van der Waals surface area (Å²) >= 11 is 0. The summed E-state index contributed by atoms with van der Waals surface area (Å²) < 4.78 is 35.1. The molecule has 0 saturated heterocycles. The zero-order valence-electron chi connectivity index (χ0n) is 15.1. The Kier molecular flexibility index (Phi) is 7.54. The average molecular weight is 375 g/mol. The van der Waals surface area contributed by atoms with Gasteiger partial charge in [0.1, 0.15) is 23.6 Å². The largest absolute Gasteiger partial charge is 0.485 e. The minimum atomic E-state index is -2.78. The molecule has 0 aliphatic carbocycles. The quantitative estimate of drug-likeness (QED) is 0.490. The first-order valence-electron chi connectivity index (χ1n) is 8.00. The number of rotatable bonds is 9. The number of hydrogen-bond donors (Lipinski definition) is 2. The Hall–Kier alpha value is -2.65. The number of carbonyl (C=O) groups is 1. The number of nitrogens with one attached hydrogen (secondary N) is 2. The van der Waals surface area contributed by atoms with Crippen molar-refractivity contribution in [3.8, 4) is 5.75 Å². The molecule has 146 valence electrons. The van der Waals surface area contributed by atoms with E-state index < -0.39 is 29.6 Å². The van der Waals surface area contributed by atoms with Gasteiger partial charge < -0.3 is 14.8 Å². The van der Waals surface area contributed by atoms with Gasteiger partial charge in [-0.3, -0.25) is 15.4 Å². The fourth-order valence-electron chi connectivity index (χ4n) is 2.33. The molecular formula is C16H23F2N3O5. The van der Waals surface area contributed by atoms with E-state index in [-0.39, 0.29) is 22.8 Å². The molecule has 0 aliphatic heterocycles. The van der Waals surface area contributed by atoms with Crippen LogP contribution >= 0.6 is 0 Å². The number of anilines is 2. The molecule has 8 nitrogen and oxygen atoms in total. The van der Waals surface area contributed by atoms with E-state index in [2.05, 4.69) is 10.6 Å². The zero-order chi connectivity index (χ0) is 19.9. The van der Waals surface area contributed by atoms with Crippen molar-refractivity contribution in [1.82, 2.24) is 0 Å². The number of hydrogen-bond acceptors (Lipinski definition) is 6. The molecule has 0 heterocycles. The number of amides is 1. The van der Waals surface area contributed by atoms with Gasteiger partial charge >= 0.3 is 6.09 Å². The predicted octanol–water partition coefficient (Wildman–Crippen LogP) is 4.41. The van der Waals surface area contributed by atoms with Gasteiger partial charge in [0, 0.05) is 7.05 Å². The number of ether oxygens (including phenoxy) is 2. The lowest BCUT2D eigenvalue weighted by molar-refractivity contribution is -0.384. The Bertz CT molecular complexity index is 653. The third kappa shape index (κ3) is 6.34. The Morgan fingerprint density at radius 3 is 2.50 bits per heavy atom. The van der Waals surface area contributed by atoms with Crippen molar-refractivity contribution < 1.29 is 28.0 Å². The minimum absolute atomic E-state index is 0.0158. The summed E-state index contributed by atoms with van der Waals surface area (Å²) in [6.45, 7) is 4.44. The van der Waals surface area contributed by atoms with Crippen LogP contribution in [0.15, 0.2) is 12.1 Å². The van der Waals surface area contributed by atoms with Gasteiger partial charge in [0.25, 0.3) is 12.1 Å². The van der Waals surface area contributed by atoms with Crippen LogP contribution in [-0.2, 0) is 4.74 Å². The van der Waals surface area contributed by atoms with E-state index in [0.29, 0.717) is 6.42 Å². The molecule has 1 aromatic rings. The highest BCUT2D eigenvalue weighted by Gasteiger charge is 2.24. The number of alkyl halides is 2. The van der Waals surface area contributed by atoms with Crippen molar-refractivity contribution >= 4 is 23.2 Å². The summed E-state index contributed by atoms with van der Waals surface area (Å²) in [6.07, 6.45) is -2.18. The van der Waals surface area contributed by atoms with Gasteiger partial charge in [-0.1, -0.05) is 13.3 Å². The normalized spacial score (nSPS) is 11.2. The maximum atomic E-state index is 12.4. The molecule has 0 spiro atoms. The summed E-state index contributed by atoms with van der Waals surface area (Å²) in [7, 11) is 1.45. The Labute approximate surface area is 150 Å². The molecule has 26 heavy (non-hydrogen) atoms. The smallest absolute Gasteiger partial charge is 0.412 e. The minimum Gasteiger partial charge on any atom is -0.485 e. The van der Waals surface area contributed by atoms with Crippen LogP contribution < -0.4 is 15.4 Å². The number of nitro groups is 1. The summed E-state index contributed by atoms with van der Waals surface area (Å²) in [5, 5.41) is 16.1. The van der Waals surface area contributed by atoms with Crippen LogP contribution in [0.3, 0.4) is 0 Å². The van der Waals surface area contributed by atoms with Crippen LogP contribution in [0.4, 0.5) is 30.6 Å². The third-order valence-electron chi connectivity index (χ3n) is 3.39. The Balaban J connectivity index is 3.13. The molecule has 0 unspecified atom stereocenters. The first-order chi connectivity index (χ1) is 12.1. The SMILES string of the molecule is CCCC(C)(C)OC(=O)Nc1cc(NC)c([N+](=O)[O-])cc1OCC(F)F. The molecular weight excluding hydrogens is 352 g/mol. The number of carbonyl (C=O) groups excluding carboxylic acids is 1. The lowest BCUT2D eigenvalue weighted by atomic mass is 10.0. The van der Waals surface area contributed by atoms with Crippen LogP contribution in [-0.4, -0.2) is 36.7 Å². The summed E-state index contributed by atoms with van der Waals surface area (Å²) in [5.41, 5.74) is -1.03. The van der Waals surface area contributed by atoms with Gasteiger partial charge in [-0.15, -0.1) is 0 Å². The van der Waals surface area contributed by atoms with Gasteiger partial charge in [-0.05, 0) is 26.3 Å². The first kappa shape index (κ1) is 21.4. The highest BCUT2D eigenvalue weighted by molar-refractivity contribution is 5.89. The van der Waals surface area contributed by atoms with Crippen LogP contribution in [0.25, 0.3) is 0 Å². The second-order valence-corrected chi connectivity index (χ2v) is 6.10. The molecule has 0 radical (unpaired) electrons. The molecule has 0 aliphatic rings. The van der Waals surface area contributed by atoms with Gasteiger partial charge in [-0.2, -0.15) is 0 Å². The van der Waals surface area contributed by atoms with Crippen LogP contribution in [0.2, 0.25) is 0 Å². The van der Waals surface area contributed by atoms with E-state index in [1.807, 2.05) is 6.92 Å². The monoisotopic (exact) mass is 375 g/mol. The topological polar surface area (TPSA) is 103 Å². The molecule has 1 rings (SSSR count). The van der Waals surface area contributed by atoms with Crippen molar-refractivity contribution in [3.63, 3.8) is 0 Å². The summed E-state index contributed by atoms with van der Waals surface area (Å²) in [5.74, 6) is -0.249. The van der Waals surface area contributed by atoms with Gasteiger partial charge in [0.15, 0.2) is 0 Å². The fraction of sp³-hybridized carbons (Fsp3) is 0.562. The van der Waals surface area contributed by atoms with E-state index >= 15 is 0 Å². The van der Waals surface area contributed by atoms with Crippen LogP contribution in [0.1, 0.15) is 33.6 Å². The van der Waals surface area contributed by atoms with Gasteiger partial charge in [0.2, 0.25) is 0 Å². The fourth-order valence-corrected chi connectivity index (χ4v) is 2.33. The number of halogens is 2. The Morgan fingerprint density at radius 1 is 1.35 bits per heavy atom. The molecule has 2 N–H and O–H groups in total. The molecule has 0 aromatic heterocycles. The van der Waals surface area contributed by atoms with Gasteiger partial charge in [0.05, 0.1) is 16.7 Å². The zero-order valence-corrected chi connectivity index (χ0v) is 15.1. The molecule has 1 aromatic carbocycles. The Morgan fingerprint density at radius 2 is 2.00 bits per heavy atom. The first-order valence-corrected chi connectivity index (χ1v) is 8.00. The molecule has 0 atom stereocenters. The molecule has 0 saturated carbocycles. The van der Waals surface area contributed by atoms with E-state index in [1.165, 1.54) is 13.1 Å². The van der Waals surface area contributed by atoms with Crippen molar-refractivity contribution in [1.29, 1.82) is 0 Å². The number of benzene rings is 1. The molecule has 0 fully saturated rings. The van der Waals surface area contributed by atoms with Gasteiger partial charge in [-0.25, -0.2) is 13.6 Å². The molecule has 0 bridgehead atoms. The molecule has 1 amide bonds.